The maximum atomic E-state index is 12.9. The predicted octanol–water partition coefficient (Wildman–Crippen LogP) is 3.24. The number of methoxy groups -OCH3 is 1. The fourth-order valence-electron chi connectivity index (χ4n) is 3.18. The highest BCUT2D eigenvalue weighted by Crippen LogP contribution is 2.21. The number of hydrogen-bond acceptors (Lipinski definition) is 6. The van der Waals surface area contributed by atoms with E-state index in [4.69, 9.17) is 9.47 Å². The van der Waals surface area contributed by atoms with Gasteiger partial charge < -0.3 is 24.4 Å². The molecule has 2 rings (SSSR count). The molecule has 1 saturated heterocycles. The van der Waals surface area contributed by atoms with Crippen LogP contribution in [-0.2, 0) is 25.4 Å². The molecule has 2 unspecified atom stereocenters. The molecule has 8 heteroatoms. The van der Waals surface area contributed by atoms with Gasteiger partial charge in [0.2, 0.25) is 5.91 Å². The molecule has 8 nitrogen and oxygen atoms in total. The largest absolute Gasteiger partial charge is 0.509 e. The third-order valence-corrected chi connectivity index (χ3v) is 4.38. The number of likely N-dealkylation sites (tertiary alicyclic amines) is 1. The fraction of sp³-hybridized carbons (Fsp3) is 0.571. The Morgan fingerprint density at radius 3 is 2.52 bits per heavy atom. The molecule has 0 aliphatic carbocycles. The predicted molar refractivity (Wildman–Crippen MR) is 106 cm³/mol. The van der Waals surface area contributed by atoms with Crippen molar-refractivity contribution in [3.05, 3.63) is 35.9 Å². The molecule has 2 atom stereocenters. The van der Waals surface area contributed by atoms with Crippen molar-refractivity contribution in [2.24, 2.45) is 0 Å². The number of nitrogens with one attached hydrogen (secondary N) is 1. The molecule has 1 aliphatic rings. The van der Waals surface area contributed by atoms with Crippen LogP contribution in [0.2, 0.25) is 0 Å². The summed E-state index contributed by atoms with van der Waals surface area (Å²) in [5.74, 6) is -0.201. The van der Waals surface area contributed by atoms with Crippen LogP contribution in [0.25, 0.3) is 0 Å². The summed E-state index contributed by atoms with van der Waals surface area (Å²) in [6.45, 7) is 5.83. The summed E-state index contributed by atoms with van der Waals surface area (Å²) in [4.78, 5) is 38.1. The Kier molecular flexibility index (Phi) is 7.87. The molecule has 0 spiro atoms. The summed E-state index contributed by atoms with van der Waals surface area (Å²) in [7, 11) is 1.23. The van der Waals surface area contributed by atoms with Crippen LogP contribution < -0.4 is 5.32 Å². The van der Waals surface area contributed by atoms with Crippen molar-refractivity contribution >= 4 is 18.2 Å². The molecule has 160 valence electrons. The van der Waals surface area contributed by atoms with E-state index in [9.17, 15) is 14.4 Å². The molecule has 0 radical (unpaired) electrons. The maximum Gasteiger partial charge on any atom is 0.509 e. The van der Waals surface area contributed by atoms with E-state index in [0.717, 1.165) is 12.0 Å². The molecular weight excluding hydrogens is 376 g/mol. The van der Waals surface area contributed by atoms with E-state index < -0.39 is 30.1 Å². The van der Waals surface area contributed by atoms with Gasteiger partial charge in [0, 0.05) is 25.4 Å². The van der Waals surface area contributed by atoms with E-state index >= 15 is 0 Å². The molecule has 1 N–H and O–H groups in total. The molecule has 1 fully saturated rings. The smallest absolute Gasteiger partial charge is 0.444 e. The Hall–Kier alpha value is -2.77. The normalized spacial score (nSPS) is 17.4. The third kappa shape index (κ3) is 7.63. The van der Waals surface area contributed by atoms with Gasteiger partial charge in [-0.25, -0.2) is 9.59 Å². The lowest BCUT2D eigenvalue weighted by molar-refractivity contribution is -0.139. The summed E-state index contributed by atoms with van der Waals surface area (Å²) in [6.07, 6.45) is -0.205. The average molecular weight is 406 g/mol. The first kappa shape index (κ1) is 22.5. The lowest BCUT2D eigenvalue weighted by Gasteiger charge is -2.27. The molecule has 1 aliphatic heterocycles. The number of ether oxygens (including phenoxy) is 3. The van der Waals surface area contributed by atoms with E-state index in [0.29, 0.717) is 19.4 Å². The van der Waals surface area contributed by atoms with Gasteiger partial charge in [0.05, 0.1) is 7.11 Å². The van der Waals surface area contributed by atoms with Crippen molar-refractivity contribution in [1.29, 1.82) is 0 Å². The first-order valence-electron chi connectivity index (χ1n) is 9.75. The molecule has 29 heavy (non-hydrogen) atoms. The number of carbonyl (C=O) groups is 3. The first-order chi connectivity index (χ1) is 13.7. The zero-order chi connectivity index (χ0) is 21.4. The molecule has 1 aromatic carbocycles. The summed E-state index contributed by atoms with van der Waals surface area (Å²) < 4.78 is 15.0. The number of rotatable bonds is 6. The highest BCUT2D eigenvalue weighted by molar-refractivity contribution is 5.78. The van der Waals surface area contributed by atoms with Crippen LogP contribution in [0.5, 0.6) is 0 Å². The van der Waals surface area contributed by atoms with Crippen molar-refractivity contribution in [2.45, 2.75) is 64.3 Å². The minimum atomic E-state index is -0.817. The van der Waals surface area contributed by atoms with Crippen LogP contribution in [0.15, 0.2) is 30.3 Å². The number of nitrogens with zero attached hydrogens (tertiary/aromatic N) is 1. The fourth-order valence-corrected chi connectivity index (χ4v) is 3.18. The van der Waals surface area contributed by atoms with Gasteiger partial charge in [-0.1, -0.05) is 30.3 Å². The quantitative estimate of drug-likeness (QED) is 0.729. The second kappa shape index (κ2) is 10.1. The Morgan fingerprint density at radius 1 is 1.21 bits per heavy atom. The number of amides is 2. The van der Waals surface area contributed by atoms with Gasteiger partial charge in [-0.2, -0.15) is 0 Å². The second-order valence-corrected chi connectivity index (χ2v) is 7.99. The van der Waals surface area contributed by atoms with E-state index in [-0.39, 0.29) is 12.3 Å². The lowest BCUT2D eigenvalue weighted by Crippen LogP contribution is -2.45. The topological polar surface area (TPSA) is 94.2 Å². The SMILES string of the molecule is COC(=O)OC1CCCN1C(=O)CC(Cc1ccccc1)NC(=O)OC(C)(C)C. The minimum Gasteiger partial charge on any atom is -0.444 e. The van der Waals surface area contributed by atoms with Gasteiger partial charge in [-0.3, -0.25) is 4.79 Å². The molecule has 0 saturated carbocycles. The van der Waals surface area contributed by atoms with Crippen LogP contribution in [0.3, 0.4) is 0 Å². The molecule has 0 aromatic heterocycles. The van der Waals surface area contributed by atoms with Gasteiger partial charge in [-0.05, 0) is 39.2 Å². The third-order valence-electron chi connectivity index (χ3n) is 4.38. The van der Waals surface area contributed by atoms with Crippen molar-refractivity contribution in [3.8, 4) is 0 Å². The van der Waals surface area contributed by atoms with E-state index in [1.807, 2.05) is 30.3 Å². The van der Waals surface area contributed by atoms with Crippen molar-refractivity contribution in [1.82, 2.24) is 10.2 Å². The zero-order valence-electron chi connectivity index (χ0n) is 17.5. The summed E-state index contributed by atoms with van der Waals surface area (Å²) >= 11 is 0. The molecule has 1 aromatic rings. The highest BCUT2D eigenvalue weighted by Gasteiger charge is 2.33. The Morgan fingerprint density at radius 2 is 1.90 bits per heavy atom. The molecule has 2 amide bonds. The van der Waals surface area contributed by atoms with Crippen molar-refractivity contribution in [3.63, 3.8) is 0 Å². The summed E-state index contributed by atoms with van der Waals surface area (Å²) in [6, 6.07) is 9.13. The minimum absolute atomic E-state index is 0.0647. The maximum absolute atomic E-state index is 12.9. The Balaban J connectivity index is 2.06. The first-order valence-corrected chi connectivity index (χ1v) is 9.75. The summed E-state index contributed by atoms with van der Waals surface area (Å²) in [5, 5.41) is 2.80. The van der Waals surface area contributed by atoms with Crippen LogP contribution in [-0.4, -0.2) is 54.6 Å². The number of alkyl carbamates (subject to hydrolysis) is 1. The van der Waals surface area contributed by atoms with E-state index in [2.05, 4.69) is 10.1 Å². The van der Waals surface area contributed by atoms with Gasteiger partial charge in [-0.15, -0.1) is 0 Å². The van der Waals surface area contributed by atoms with Gasteiger partial charge in [0.25, 0.3) is 0 Å². The average Bonchev–Trinajstić information content (AvgIpc) is 3.08. The van der Waals surface area contributed by atoms with Gasteiger partial charge >= 0.3 is 12.2 Å². The highest BCUT2D eigenvalue weighted by atomic mass is 16.7. The van der Waals surface area contributed by atoms with Crippen LogP contribution in [0.1, 0.15) is 45.6 Å². The lowest BCUT2D eigenvalue weighted by atomic mass is 10.0. The number of hydrogen-bond donors (Lipinski definition) is 1. The van der Waals surface area contributed by atoms with Crippen molar-refractivity contribution in [2.75, 3.05) is 13.7 Å². The standard InChI is InChI=1S/C21H30N2O6/c1-21(2,3)29-19(25)22-16(13-15-9-6-5-7-10-15)14-17(24)23-12-8-11-18(23)28-20(26)27-4/h5-7,9-10,16,18H,8,11-14H2,1-4H3,(H,22,25). The van der Waals surface area contributed by atoms with Gasteiger partial charge in [0.15, 0.2) is 6.23 Å². The van der Waals surface area contributed by atoms with Crippen LogP contribution >= 0.6 is 0 Å². The van der Waals surface area contributed by atoms with Crippen LogP contribution in [0.4, 0.5) is 9.59 Å². The van der Waals surface area contributed by atoms with Crippen molar-refractivity contribution < 1.29 is 28.6 Å². The van der Waals surface area contributed by atoms with E-state index in [1.54, 1.807) is 20.8 Å². The molecule has 0 bridgehead atoms. The van der Waals surface area contributed by atoms with Crippen LogP contribution in [0, 0.1) is 0 Å². The Bertz CT molecular complexity index is 701. The van der Waals surface area contributed by atoms with Gasteiger partial charge in [0.1, 0.15) is 5.60 Å². The number of benzene rings is 1. The van der Waals surface area contributed by atoms with E-state index in [1.165, 1.54) is 12.0 Å². The zero-order valence-corrected chi connectivity index (χ0v) is 17.5. The monoisotopic (exact) mass is 406 g/mol. The number of carbonyl (C=O) groups excluding carboxylic acids is 3. The molecule has 1 heterocycles. The second-order valence-electron chi connectivity index (χ2n) is 7.99. The Labute approximate surface area is 171 Å². The summed E-state index contributed by atoms with van der Waals surface area (Å²) in [5.41, 5.74) is 0.352. The molecular formula is C21H30N2O6.